The van der Waals surface area contributed by atoms with Crippen LogP contribution in [0.2, 0.25) is 0 Å². The van der Waals surface area contributed by atoms with Gasteiger partial charge in [-0.25, -0.2) is 9.97 Å². The number of aromatic nitrogens is 2. The van der Waals surface area contributed by atoms with Gasteiger partial charge in [0, 0.05) is 43.5 Å². The molecule has 2 rings (SSSR count). The van der Waals surface area contributed by atoms with E-state index in [1.54, 1.807) is 6.33 Å². The van der Waals surface area contributed by atoms with E-state index in [0.717, 1.165) is 16.6 Å². The minimum absolute atomic E-state index is 0. The molecular formula is C13H17N2Y-. The molecule has 3 heteroatoms. The summed E-state index contributed by atoms with van der Waals surface area (Å²) in [5.41, 5.74) is 2.21. The fourth-order valence-electron chi connectivity index (χ4n) is 1.60. The minimum Gasteiger partial charge on any atom is -0.358 e. The van der Waals surface area contributed by atoms with E-state index in [-0.39, 0.29) is 45.6 Å². The first kappa shape index (κ1) is 15.7. The number of rotatable bonds is 0. The Balaban J connectivity index is 0.00000112. The molecule has 0 fully saturated rings. The van der Waals surface area contributed by atoms with Crippen molar-refractivity contribution in [2.45, 2.75) is 26.2 Å². The summed E-state index contributed by atoms with van der Waals surface area (Å²) in [6.45, 7) is 6.51. The molecule has 2 nitrogen and oxygen atoms in total. The molecule has 0 aliphatic rings. The third kappa shape index (κ3) is 3.08. The molecule has 1 radical (unpaired) electrons. The molecule has 1 aromatic carbocycles. The average Bonchev–Trinajstić information content (AvgIpc) is 2.15. The number of hydrogen-bond acceptors (Lipinski definition) is 2. The van der Waals surface area contributed by atoms with E-state index in [1.807, 2.05) is 18.2 Å². The van der Waals surface area contributed by atoms with Crippen LogP contribution in [0.1, 0.15) is 26.5 Å². The van der Waals surface area contributed by atoms with Crippen molar-refractivity contribution in [1.29, 1.82) is 0 Å². The minimum atomic E-state index is 0. The zero-order valence-electron chi connectivity index (χ0n) is 10.4. The number of para-hydroxylation sites is 1. The van der Waals surface area contributed by atoms with Crippen LogP contribution in [0, 0.1) is 7.43 Å². The molecule has 0 bridgehead atoms. The Labute approximate surface area is 123 Å². The Morgan fingerprint density at radius 2 is 1.62 bits per heavy atom. The molecular weight excluding hydrogens is 273 g/mol. The SMILES string of the molecule is CC(C)(C)c1ncnc2ccccc12.[CH3-].[Y]. The molecule has 1 aromatic heterocycles. The zero-order chi connectivity index (χ0) is 10.2. The summed E-state index contributed by atoms with van der Waals surface area (Å²) in [5, 5.41) is 1.16. The monoisotopic (exact) mass is 290 g/mol. The van der Waals surface area contributed by atoms with Crippen molar-refractivity contribution in [2.24, 2.45) is 0 Å². The predicted octanol–water partition coefficient (Wildman–Crippen LogP) is 3.38. The number of nitrogens with zero attached hydrogens (tertiary/aromatic N) is 2. The van der Waals surface area contributed by atoms with Gasteiger partial charge in [0.15, 0.2) is 0 Å². The third-order valence-electron chi connectivity index (χ3n) is 2.25. The van der Waals surface area contributed by atoms with E-state index in [1.165, 1.54) is 0 Å². The van der Waals surface area contributed by atoms with Gasteiger partial charge in [-0.1, -0.05) is 39.0 Å². The molecule has 16 heavy (non-hydrogen) atoms. The van der Waals surface area contributed by atoms with E-state index in [2.05, 4.69) is 36.8 Å². The van der Waals surface area contributed by atoms with E-state index in [9.17, 15) is 0 Å². The number of fused-ring (bicyclic) bond motifs is 1. The molecule has 0 aliphatic heterocycles. The van der Waals surface area contributed by atoms with E-state index in [0.29, 0.717) is 0 Å². The largest absolute Gasteiger partial charge is 0.358 e. The molecule has 0 saturated carbocycles. The molecule has 0 saturated heterocycles. The summed E-state index contributed by atoms with van der Waals surface area (Å²) in [6.07, 6.45) is 1.64. The van der Waals surface area contributed by atoms with Crippen molar-refractivity contribution in [1.82, 2.24) is 9.97 Å². The Bertz CT molecular complexity index is 455. The van der Waals surface area contributed by atoms with Crippen LogP contribution in [0.4, 0.5) is 0 Å². The van der Waals surface area contributed by atoms with Crippen molar-refractivity contribution >= 4 is 10.9 Å². The van der Waals surface area contributed by atoms with Gasteiger partial charge in [-0.15, -0.1) is 0 Å². The normalized spacial score (nSPS) is 10.4. The zero-order valence-corrected chi connectivity index (χ0v) is 13.2. The van der Waals surface area contributed by atoms with Crippen LogP contribution in [0.5, 0.6) is 0 Å². The smallest absolute Gasteiger partial charge is 0.116 e. The molecule has 0 atom stereocenters. The summed E-state index contributed by atoms with van der Waals surface area (Å²) in [4.78, 5) is 8.61. The Kier molecular flexibility index (Phi) is 5.71. The molecule has 0 unspecified atom stereocenters. The summed E-state index contributed by atoms with van der Waals surface area (Å²) in [5.74, 6) is 0. The topological polar surface area (TPSA) is 25.8 Å². The standard InChI is InChI=1S/C12H14N2.CH3.Y/c1-12(2,3)11-9-6-4-5-7-10(9)13-8-14-11;;/h4-8H,1-3H3;1H3;/q;-1;. The average molecular weight is 290 g/mol. The Hall–Kier alpha value is -0.336. The van der Waals surface area contributed by atoms with Crippen LogP contribution < -0.4 is 0 Å². The maximum Gasteiger partial charge on any atom is 0.116 e. The molecule has 2 aromatic rings. The molecule has 1 heterocycles. The summed E-state index contributed by atoms with van der Waals surface area (Å²) in [6, 6.07) is 8.13. The fourth-order valence-corrected chi connectivity index (χ4v) is 1.60. The summed E-state index contributed by atoms with van der Waals surface area (Å²) < 4.78 is 0. The van der Waals surface area contributed by atoms with Crippen LogP contribution in [0.15, 0.2) is 30.6 Å². The molecule has 0 N–H and O–H groups in total. The van der Waals surface area contributed by atoms with Gasteiger partial charge in [0.25, 0.3) is 0 Å². The Morgan fingerprint density at radius 3 is 2.25 bits per heavy atom. The van der Waals surface area contributed by atoms with Crippen LogP contribution in [0.3, 0.4) is 0 Å². The molecule has 83 valence electrons. The van der Waals surface area contributed by atoms with Crippen molar-refractivity contribution in [3.63, 3.8) is 0 Å². The van der Waals surface area contributed by atoms with Crippen molar-refractivity contribution in [3.8, 4) is 0 Å². The van der Waals surface area contributed by atoms with Gasteiger partial charge in [-0.2, -0.15) is 0 Å². The van der Waals surface area contributed by atoms with Gasteiger partial charge >= 0.3 is 0 Å². The predicted molar refractivity (Wildman–Crippen MR) is 64.7 cm³/mol. The van der Waals surface area contributed by atoms with Gasteiger partial charge in [-0.3, -0.25) is 0 Å². The first-order valence-corrected chi connectivity index (χ1v) is 4.79. The third-order valence-corrected chi connectivity index (χ3v) is 2.25. The molecule has 0 aliphatic carbocycles. The van der Waals surface area contributed by atoms with E-state index < -0.39 is 0 Å². The van der Waals surface area contributed by atoms with E-state index >= 15 is 0 Å². The maximum absolute atomic E-state index is 4.37. The maximum atomic E-state index is 4.37. The van der Waals surface area contributed by atoms with Gasteiger partial charge in [-0.05, 0) is 6.07 Å². The van der Waals surface area contributed by atoms with Crippen LogP contribution >= 0.6 is 0 Å². The van der Waals surface area contributed by atoms with Crippen LogP contribution in [-0.4, -0.2) is 9.97 Å². The van der Waals surface area contributed by atoms with Crippen molar-refractivity contribution in [2.75, 3.05) is 0 Å². The Morgan fingerprint density at radius 1 is 1.00 bits per heavy atom. The van der Waals surface area contributed by atoms with Gasteiger partial charge < -0.3 is 7.43 Å². The second-order valence-electron chi connectivity index (χ2n) is 4.49. The number of benzene rings is 1. The quantitative estimate of drug-likeness (QED) is 0.695. The second kappa shape index (κ2) is 5.83. The van der Waals surface area contributed by atoms with Crippen molar-refractivity contribution < 1.29 is 32.7 Å². The van der Waals surface area contributed by atoms with Crippen LogP contribution in [0.25, 0.3) is 10.9 Å². The van der Waals surface area contributed by atoms with E-state index in [4.69, 9.17) is 0 Å². The fraction of sp³-hybridized carbons (Fsp3) is 0.308. The molecule has 0 spiro atoms. The number of hydrogen-bond donors (Lipinski definition) is 0. The van der Waals surface area contributed by atoms with Gasteiger partial charge in [0.1, 0.15) is 6.33 Å². The molecule has 0 amide bonds. The summed E-state index contributed by atoms with van der Waals surface area (Å²) >= 11 is 0. The van der Waals surface area contributed by atoms with Gasteiger partial charge in [0.05, 0.1) is 11.2 Å². The van der Waals surface area contributed by atoms with Crippen LogP contribution in [-0.2, 0) is 38.1 Å². The first-order valence-electron chi connectivity index (χ1n) is 4.79. The second-order valence-corrected chi connectivity index (χ2v) is 4.49. The first-order chi connectivity index (χ1) is 6.59. The van der Waals surface area contributed by atoms with Gasteiger partial charge in [0.2, 0.25) is 0 Å². The van der Waals surface area contributed by atoms with Crippen molar-refractivity contribution in [3.05, 3.63) is 43.7 Å². The summed E-state index contributed by atoms with van der Waals surface area (Å²) in [7, 11) is 0.